The third kappa shape index (κ3) is 5.07. The zero-order chi connectivity index (χ0) is 31.5. The molecule has 3 fully saturated rings. The van der Waals surface area contributed by atoms with Crippen molar-refractivity contribution in [3.8, 4) is 0 Å². The molecule has 0 aromatic heterocycles. The van der Waals surface area contributed by atoms with E-state index >= 15 is 0 Å². The van der Waals surface area contributed by atoms with Crippen molar-refractivity contribution in [2.45, 2.75) is 109 Å². The minimum Gasteiger partial charge on any atom is -0.462 e. The van der Waals surface area contributed by atoms with E-state index in [9.17, 15) is 39.3 Å². The zero-order valence-corrected chi connectivity index (χ0v) is 24.5. The van der Waals surface area contributed by atoms with Crippen LogP contribution < -0.4 is 0 Å². The Balaban J connectivity index is 2.11. The Morgan fingerprint density at radius 1 is 0.905 bits per heavy atom. The van der Waals surface area contributed by atoms with Gasteiger partial charge in [-0.1, -0.05) is 6.92 Å². The third-order valence-corrected chi connectivity index (χ3v) is 9.13. The molecular weight excluding hydrogens is 560 g/mol. The number of hydrogen-bond donors (Lipinski definition) is 3. The maximum absolute atomic E-state index is 13.0. The first kappa shape index (κ1) is 31.9. The van der Waals surface area contributed by atoms with Gasteiger partial charge in [-0.15, -0.1) is 0 Å². The fourth-order valence-corrected chi connectivity index (χ4v) is 7.21. The van der Waals surface area contributed by atoms with E-state index in [0.29, 0.717) is 0 Å². The summed E-state index contributed by atoms with van der Waals surface area (Å²) in [6.07, 6.45) is -8.14. The first-order valence-electron chi connectivity index (χ1n) is 13.7. The highest BCUT2D eigenvalue weighted by Crippen LogP contribution is 2.60. The predicted octanol–water partition coefficient (Wildman–Crippen LogP) is -0.517. The third-order valence-electron chi connectivity index (χ3n) is 9.13. The van der Waals surface area contributed by atoms with Crippen LogP contribution >= 0.6 is 0 Å². The van der Waals surface area contributed by atoms with E-state index in [0.717, 1.165) is 27.7 Å². The predicted molar refractivity (Wildman–Crippen MR) is 137 cm³/mol. The molecule has 4 aliphatic rings. The van der Waals surface area contributed by atoms with Gasteiger partial charge in [0.15, 0.2) is 11.7 Å². The van der Waals surface area contributed by atoms with Crippen LogP contribution in [0.1, 0.15) is 54.9 Å². The van der Waals surface area contributed by atoms with Gasteiger partial charge in [0, 0.05) is 40.0 Å². The lowest BCUT2D eigenvalue weighted by Crippen LogP contribution is -2.75. The van der Waals surface area contributed by atoms with Crippen molar-refractivity contribution in [2.24, 2.45) is 17.3 Å². The minimum absolute atomic E-state index is 0.190. The van der Waals surface area contributed by atoms with Gasteiger partial charge in [0.1, 0.15) is 42.2 Å². The lowest BCUT2D eigenvalue weighted by atomic mass is 9.51. The van der Waals surface area contributed by atoms with Crippen LogP contribution in [0, 0.1) is 17.3 Å². The smallest absolute Gasteiger partial charge is 0.312 e. The van der Waals surface area contributed by atoms with E-state index < -0.39 is 108 Å². The first-order chi connectivity index (χ1) is 19.4. The molecule has 2 heterocycles. The van der Waals surface area contributed by atoms with Crippen LogP contribution in [0.4, 0.5) is 0 Å². The van der Waals surface area contributed by atoms with Crippen molar-refractivity contribution in [1.82, 2.24) is 0 Å². The minimum atomic E-state index is -2.39. The van der Waals surface area contributed by atoms with Crippen LogP contribution in [0.25, 0.3) is 0 Å². The summed E-state index contributed by atoms with van der Waals surface area (Å²) in [5.41, 5.74) is -6.11. The number of epoxide rings is 1. The zero-order valence-electron chi connectivity index (χ0n) is 24.5. The van der Waals surface area contributed by atoms with Gasteiger partial charge in [-0.05, 0) is 25.5 Å². The molecule has 14 nitrogen and oxygen atoms in total. The Hall–Kier alpha value is -3.07. The molecule has 2 saturated heterocycles. The average Bonchev–Trinajstić information content (AvgIpc) is 3.61. The quantitative estimate of drug-likeness (QED) is 0.158. The highest BCUT2D eigenvalue weighted by molar-refractivity contribution is 5.78. The Bertz CT molecular complexity index is 1190. The molecule has 0 amide bonds. The van der Waals surface area contributed by atoms with Crippen LogP contribution in [0.2, 0.25) is 0 Å². The number of esters is 5. The molecule has 4 rings (SSSR count). The van der Waals surface area contributed by atoms with Crippen LogP contribution in [0.3, 0.4) is 0 Å². The van der Waals surface area contributed by atoms with Gasteiger partial charge in [-0.25, -0.2) is 0 Å². The molecule has 0 unspecified atom stereocenters. The number of rotatable bonds is 5. The number of hydrogen-bond acceptors (Lipinski definition) is 14. The average molecular weight is 599 g/mol. The monoisotopic (exact) mass is 598 g/mol. The van der Waals surface area contributed by atoms with Crippen LogP contribution in [0.5, 0.6) is 0 Å². The molecule has 2 aliphatic carbocycles. The Morgan fingerprint density at radius 2 is 1.43 bits per heavy atom. The second kappa shape index (κ2) is 10.9. The molecule has 234 valence electrons. The van der Waals surface area contributed by atoms with E-state index in [1.807, 2.05) is 0 Å². The first-order valence-corrected chi connectivity index (χ1v) is 13.7. The molecule has 1 saturated carbocycles. The normalized spacial score (nSPS) is 45.4. The Morgan fingerprint density at radius 3 is 1.95 bits per heavy atom. The van der Waals surface area contributed by atoms with E-state index in [1.54, 1.807) is 0 Å². The summed E-state index contributed by atoms with van der Waals surface area (Å²) in [4.78, 5) is 62.8. The maximum atomic E-state index is 13.0. The Kier molecular flexibility index (Phi) is 8.26. The molecular formula is C28H38O14. The Labute approximate surface area is 242 Å². The van der Waals surface area contributed by atoms with Crippen molar-refractivity contribution in [3.63, 3.8) is 0 Å². The van der Waals surface area contributed by atoms with Gasteiger partial charge in [0.05, 0.1) is 17.9 Å². The van der Waals surface area contributed by atoms with Gasteiger partial charge < -0.3 is 43.7 Å². The standard InChI is InChI=1S/C28H38O14/c1-11-25(34)41-19-8-16(10-29)20-21(42-20)23(39-14(4)32)26(6)17(37-12(2)30)9-18(38-13(3)31)27(7,35)22(26)24(28(11,19)36)40-15(5)33/h8,11,17-24,29,35-36H,9-10H2,1-7H3/b16-8-/t11-,17-,18+,19-,20+,21+,22+,23+,24+,26-,27+,28-/m0/s1. The van der Waals surface area contributed by atoms with E-state index in [1.165, 1.54) is 26.8 Å². The second-order valence-corrected chi connectivity index (χ2v) is 11.9. The van der Waals surface area contributed by atoms with E-state index in [4.69, 9.17) is 28.4 Å². The summed E-state index contributed by atoms with van der Waals surface area (Å²) in [6.45, 7) is 8.00. The molecule has 12 atom stereocenters. The van der Waals surface area contributed by atoms with Gasteiger partial charge in [0.2, 0.25) is 0 Å². The lowest BCUT2D eigenvalue weighted by molar-refractivity contribution is -0.291. The fraction of sp³-hybridized carbons (Fsp3) is 0.750. The van der Waals surface area contributed by atoms with Crippen LogP contribution in [-0.2, 0) is 52.4 Å². The fourth-order valence-electron chi connectivity index (χ4n) is 7.21. The highest BCUT2D eigenvalue weighted by atomic mass is 16.6. The van der Waals surface area contributed by atoms with Crippen LogP contribution in [0.15, 0.2) is 11.6 Å². The maximum Gasteiger partial charge on any atom is 0.312 e. The van der Waals surface area contributed by atoms with Crippen molar-refractivity contribution >= 4 is 29.8 Å². The van der Waals surface area contributed by atoms with Crippen molar-refractivity contribution in [2.75, 3.05) is 6.61 Å². The largest absolute Gasteiger partial charge is 0.462 e. The molecule has 0 aromatic carbocycles. The van der Waals surface area contributed by atoms with E-state index in [-0.39, 0.29) is 12.0 Å². The number of aliphatic hydroxyl groups excluding tert-OH is 1. The summed E-state index contributed by atoms with van der Waals surface area (Å²) >= 11 is 0. The molecule has 0 bridgehead atoms. The number of carbonyl (C=O) groups is 5. The topological polar surface area (TPSA) is 205 Å². The van der Waals surface area contributed by atoms with Crippen LogP contribution in [-0.4, -0.2) is 106 Å². The van der Waals surface area contributed by atoms with Gasteiger partial charge in [-0.3, -0.25) is 24.0 Å². The second-order valence-electron chi connectivity index (χ2n) is 11.9. The SMILES string of the molecule is CC(=O)O[C@H]1C[C@@H](OC(C)=O)[C@@](C)(O)[C@@H]2[C@@H](OC(C)=O)[C@@]3(O)[C@H](/C=C(/CO)[C@H]4O[C@H]4[C@@H](OC(C)=O)[C@@]12C)OC(=O)[C@@H]3C. The molecule has 14 heteroatoms. The highest BCUT2D eigenvalue weighted by Gasteiger charge is 2.75. The van der Waals surface area contributed by atoms with Crippen molar-refractivity contribution in [1.29, 1.82) is 0 Å². The summed E-state index contributed by atoms with van der Waals surface area (Å²) in [6, 6.07) is 0. The number of ether oxygens (including phenoxy) is 6. The lowest BCUT2D eigenvalue weighted by Gasteiger charge is -2.60. The summed E-state index contributed by atoms with van der Waals surface area (Å²) in [5, 5.41) is 35.0. The molecule has 3 N–H and O–H groups in total. The van der Waals surface area contributed by atoms with E-state index in [2.05, 4.69) is 0 Å². The number of carbonyl (C=O) groups excluding carboxylic acids is 5. The summed E-state index contributed by atoms with van der Waals surface area (Å²) in [5.74, 6) is -7.00. The molecule has 0 radical (unpaired) electrons. The molecule has 0 aromatic rings. The van der Waals surface area contributed by atoms with Crippen molar-refractivity contribution < 1.29 is 67.7 Å². The number of aliphatic hydroxyl groups is 3. The molecule has 0 spiro atoms. The van der Waals surface area contributed by atoms with Crippen molar-refractivity contribution in [3.05, 3.63) is 11.6 Å². The summed E-state index contributed by atoms with van der Waals surface area (Å²) in [7, 11) is 0. The van der Waals surface area contributed by atoms with Gasteiger partial charge in [-0.2, -0.15) is 0 Å². The summed E-state index contributed by atoms with van der Waals surface area (Å²) < 4.78 is 34.2. The number of fused-ring (bicyclic) bond motifs is 3. The van der Waals surface area contributed by atoms with Gasteiger partial charge in [0.25, 0.3) is 0 Å². The molecule has 42 heavy (non-hydrogen) atoms. The molecule has 2 aliphatic heterocycles. The van der Waals surface area contributed by atoms with Gasteiger partial charge >= 0.3 is 29.8 Å².